The zero-order valence-corrected chi connectivity index (χ0v) is 14.8. The zero-order valence-electron chi connectivity index (χ0n) is 14.1. The molecule has 1 aromatic heterocycles. The first-order valence-electron chi connectivity index (χ1n) is 7.61. The smallest absolute Gasteiger partial charge is 0.277 e. The normalized spacial score (nSPS) is 10.8. The number of nitrogens with one attached hydrogen (secondary N) is 1. The van der Waals surface area contributed by atoms with Gasteiger partial charge in [-0.2, -0.15) is 4.98 Å². The van der Waals surface area contributed by atoms with Crippen LogP contribution in [0.3, 0.4) is 0 Å². The highest BCUT2D eigenvalue weighted by Crippen LogP contribution is 2.23. The number of amides is 1. The number of hydrogen-bond acceptors (Lipinski definition) is 5. The summed E-state index contributed by atoms with van der Waals surface area (Å²) in [7, 11) is 0. The lowest BCUT2D eigenvalue weighted by atomic mass is 10.2. The fraction of sp³-hybridized carbons (Fsp3) is 0.312. The van der Waals surface area contributed by atoms with Gasteiger partial charge in [-0.05, 0) is 26.0 Å². The molecule has 1 heterocycles. The third kappa shape index (κ3) is 4.48. The van der Waals surface area contributed by atoms with Crippen molar-refractivity contribution >= 4 is 23.5 Å². The number of rotatable bonds is 7. The second-order valence-corrected chi connectivity index (χ2v) is 6.05. The Labute approximate surface area is 152 Å². The van der Waals surface area contributed by atoms with Gasteiger partial charge in [-0.25, -0.2) is 8.78 Å². The predicted octanol–water partition coefficient (Wildman–Crippen LogP) is 2.23. The van der Waals surface area contributed by atoms with Crippen LogP contribution in [0.2, 0.25) is 5.02 Å². The molecule has 0 aliphatic heterocycles. The molecule has 0 aliphatic carbocycles. The predicted molar refractivity (Wildman–Crippen MR) is 92.3 cm³/mol. The van der Waals surface area contributed by atoms with Crippen LogP contribution in [0.25, 0.3) is 0 Å². The molecule has 1 amide bonds. The molecule has 7 nitrogen and oxygen atoms in total. The van der Waals surface area contributed by atoms with E-state index >= 15 is 0 Å². The van der Waals surface area contributed by atoms with E-state index in [0.29, 0.717) is 6.07 Å². The minimum atomic E-state index is -0.802. The van der Waals surface area contributed by atoms with Crippen LogP contribution in [-0.2, 0) is 11.4 Å². The second kappa shape index (κ2) is 8.13. The van der Waals surface area contributed by atoms with Gasteiger partial charge in [0, 0.05) is 17.7 Å². The largest absolute Gasteiger partial charge is 0.471 e. The van der Waals surface area contributed by atoms with Crippen molar-refractivity contribution in [2.45, 2.75) is 26.5 Å². The number of hydrogen-bond donors (Lipinski definition) is 2. The van der Waals surface area contributed by atoms with Crippen LogP contribution in [0.15, 0.2) is 23.0 Å². The minimum absolute atomic E-state index is 0.0304. The van der Waals surface area contributed by atoms with E-state index in [1.165, 1.54) is 10.6 Å². The maximum absolute atomic E-state index is 13.7. The quantitative estimate of drug-likeness (QED) is 0.760. The van der Waals surface area contributed by atoms with Crippen LogP contribution in [-0.4, -0.2) is 22.0 Å². The van der Waals surface area contributed by atoms with E-state index in [0.717, 1.165) is 6.07 Å². The SMILES string of the molecule is CC(C)n1c(NCC(N)=O)nc(OCc2ccc(F)cc2F)c(Cl)c1=O. The molecule has 0 atom stereocenters. The third-order valence-corrected chi connectivity index (χ3v) is 3.67. The van der Waals surface area contributed by atoms with Crippen LogP contribution < -0.4 is 21.3 Å². The maximum Gasteiger partial charge on any atom is 0.277 e. The van der Waals surface area contributed by atoms with Gasteiger partial charge in [0.25, 0.3) is 5.56 Å². The first kappa shape index (κ1) is 19.6. The number of halogens is 3. The van der Waals surface area contributed by atoms with E-state index in [-0.39, 0.29) is 41.6 Å². The molecule has 26 heavy (non-hydrogen) atoms. The Hall–Kier alpha value is -2.68. The average Bonchev–Trinajstić information content (AvgIpc) is 2.55. The van der Waals surface area contributed by atoms with E-state index in [9.17, 15) is 18.4 Å². The van der Waals surface area contributed by atoms with Crippen molar-refractivity contribution in [3.8, 4) is 5.88 Å². The number of nitrogens with zero attached hydrogens (tertiary/aromatic N) is 2. The fourth-order valence-electron chi connectivity index (χ4n) is 2.14. The number of primary amides is 1. The Bertz CT molecular complexity index is 887. The van der Waals surface area contributed by atoms with Crippen molar-refractivity contribution in [2.24, 2.45) is 5.73 Å². The van der Waals surface area contributed by atoms with E-state index in [4.69, 9.17) is 22.1 Å². The summed E-state index contributed by atoms with van der Waals surface area (Å²) in [4.78, 5) is 27.5. The average molecular weight is 387 g/mol. The van der Waals surface area contributed by atoms with Crippen LogP contribution in [0.4, 0.5) is 14.7 Å². The lowest BCUT2D eigenvalue weighted by Gasteiger charge is -2.18. The molecule has 0 spiro atoms. The Morgan fingerprint density at radius 2 is 2.12 bits per heavy atom. The van der Waals surface area contributed by atoms with Gasteiger partial charge in [-0.1, -0.05) is 11.6 Å². The molecule has 0 aliphatic rings. The molecule has 0 saturated heterocycles. The number of aromatic nitrogens is 2. The molecule has 0 fully saturated rings. The number of carbonyl (C=O) groups is 1. The highest BCUT2D eigenvalue weighted by Gasteiger charge is 2.19. The highest BCUT2D eigenvalue weighted by atomic mass is 35.5. The van der Waals surface area contributed by atoms with Crippen molar-refractivity contribution in [1.29, 1.82) is 0 Å². The number of ether oxygens (including phenoxy) is 1. The van der Waals surface area contributed by atoms with Crippen LogP contribution in [0, 0.1) is 11.6 Å². The molecule has 140 valence electrons. The summed E-state index contributed by atoms with van der Waals surface area (Å²) in [5, 5.41) is 2.33. The summed E-state index contributed by atoms with van der Waals surface area (Å²) in [6.45, 7) is 2.87. The Balaban J connectivity index is 2.35. The molecular weight excluding hydrogens is 370 g/mol. The highest BCUT2D eigenvalue weighted by molar-refractivity contribution is 6.31. The van der Waals surface area contributed by atoms with Gasteiger partial charge in [0.15, 0.2) is 5.02 Å². The first-order valence-corrected chi connectivity index (χ1v) is 7.99. The fourth-order valence-corrected chi connectivity index (χ4v) is 2.33. The maximum atomic E-state index is 13.7. The van der Waals surface area contributed by atoms with Gasteiger partial charge in [0.1, 0.15) is 18.2 Å². The number of nitrogens with two attached hydrogens (primary N) is 1. The number of benzene rings is 1. The van der Waals surface area contributed by atoms with Gasteiger partial charge < -0.3 is 15.8 Å². The van der Waals surface area contributed by atoms with Crippen LogP contribution in [0.1, 0.15) is 25.5 Å². The second-order valence-electron chi connectivity index (χ2n) is 5.67. The Morgan fingerprint density at radius 3 is 2.69 bits per heavy atom. The minimum Gasteiger partial charge on any atom is -0.471 e. The van der Waals surface area contributed by atoms with E-state index in [1.54, 1.807) is 13.8 Å². The standard InChI is InChI=1S/C16H17ClF2N4O3/c1-8(2)23-15(25)13(17)14(22-16(23)21-6-12(20)24)26-7-9-3-4-10(18)5-11(9)19/h3-5,8H,6-7H2,1-2H3,(H2,20,24)(H,21,22). The molecule has 1 aromatic carbocycles. The molecule has 2 aromatic rings. The molecular formula is C16H17ClF2N4O3. The summed E-state index contributed by atoms with van der Waals surface area (Å²) < 4.78 is 33.2. The molecule has 0 bridgehead atoms. The topological polar surface area (TPSA) is 99.2 Å². The Morgan fingerprint density at radius 1 is 1.42 bits per heavy atom. The van der Waals surface area contributed by atoms with E-state index in [2.05, 4.69) is 10.3 Å². The van der Waals surface area contributed by atoms with Crippen molar-refractivity contribution in [2.75, 3.05) is 11.9 Å². The van der Waals surface area contributed by atoms with Gasteiger partial charge >= 0.3 is 0 Å². The van der Waals surface area contributed by atoms with Gasteiger partial charge in [0.2, 0.25) is 17.7 Å². The summed E-state index contributed by atoms with van der Waals surface area (Å²) >= 11 is 6.01. The summed E-state index contributed by atoms with van der Waals surface area (Å²) in [6, 6.07) is 2.68. The lowest BCUT2D eigenvalue weighted by molar-refractivity contribution is -0.116. The zero-order chi connectivity index (χ0) is 19.4. The van der Waals surface area contributed by atoms with Gasteiger partial charge in [-0.15, -0.1) is 0 Å². The number of carbonyl (C=O) groups excluding carboxylic acids is 1. The van der Waals surface area contributed by atoms with Crippen LogP contribution in [0.5, 0.6) is 5.88 Å². The molecule has 0 saturated carbocycles. The summed E-state index contributed by atoms with van der Waals surface area (Å²) in [6.07, 6.45) is 0. The third-order valence-electron chi connectivity index (χ3n) is 3.35. The molecule has 0 unspecified atom stereocenters. The van der Waals surface area contributed by atoms with Crippen molar-refractivity contribution in [3.63, 3.8) is 0 Å². The lowest BCUT2D eigenvalue weighted by Crippen LogP contribution is -2.30. The van der Waals surface area contributed by atoms with Crippen molar-refractivity contribution < 1.29 is 18.3 Å². The van der Waals surface area contributed by atoms with Gasteiger partial charge in [-0.3, -0.25) is 14.2 Å². The van der Waals surface area contributed by atoms with Gasteiger partial charge in [0.05, 0.1) is 6.54 Å². The molecule has 10 heteroatoms. The monoisotopic (exact) mass is 386 g/mol. The van der Waals surface area contributed by atoms with Crippen molar-refractivity contribution in [1.82, 2.24) is 9.55 Å². The number of anilines is 1. The van der Waals surface area contributed by atoms with Crippen molar-refractivity contribution in [3.05, 3.63) is 50.8 Å². The summed E-state index contributed by atoms with van der Waals surface area (Å²) in [5.41, 5.74) is 4.55. The molecule has 2 rings (SSSR count). The van der Waals surface area contributed by atoms with E-state index in [1.807, 2.05) is 0 Å². The first-order chi connectivity index (χ1) is 12.2. The summed E-state index contributed by atoms with van der Waals surface area (Å²) in [5.74, 6) is -2.39. The van der Waals surface area contributed by atoms with Crippen LogP contribution >= 0.6 is 11.6 Å². The van der Waals surface area contributed by atoms with E-state index < -0.39 is 23.1 Å². The molecule has 3 N–H and O–H groups in total. The molecule has 0 radical (unpaired) electrons. The Kier molecular flexibility index (Phi) is 6.14.